The summed E-state index contributed by atoms with van der Waals surface area (Å²) in [6.45, 7) is 5.05. The average molecular weight is 409 g/mol. The van der Waals surface area contributed by atoms with E-state index in [0.29, 0.717) is 26.3 Å². The fourth-order valence-electron chi connectivity index (χ4n) is 4.59. The van der Waals surface area contributed by atoms with Gasteiger partial charge < -0.3 is 14.4 Å². The number of hydrogen-bond donors (Lipinski definition) is 0. The van der Waals surface area contributed by atoms with Crippen molar-refractivity contribution in [1.82, 2.24) is 9.80 Å². The van der Waals surface area contributed by atoms with Crippen molar-refractivity contribution >= 4 is 5.91 Å². The summed E-state index contributed by atoms with van der Waals surface area (Å²) in [6, 6.07) is 19.1. The zero-order valence-electron chi connectivity index (χ0n) is 17.8. The SMILES string of the molecule is COCCOC1CCN(CC(=O)N2Cc3ccccc3C(c3ccccc3)C2)CC1. The lowest BCUT2D eigenvalue weighted by molar-refractivity contribution is -0.134. The summed E-state index contributed by atoms with van der Waals surface area (Å²) < 4.78 is 10.9. The van der Waals surface area contributed by atoms with Crippen LogP contribution in [0, 0.1) is 0 Å². The molecule has 1 fully saturated rings. The number of nitrogens with zero attached hydrogens (tertiary/aromatic N) is 2. The van der Waals surface area contributed by atoms with Crippen molar-refractivity contribution in [3.8, 4) is 0 Å². The summed E-state index contributed by atoms with van der Waals surface area (Å²) in [4.78, 5) is 17.5. The van der Waals surface area contributed by atoms with Crippen molar-refractivity contribution < 1.29 is 14.3 Å². The Morgan fingerprint density at radius 3 is 2.50 bits per heavy atom. The fourth-order valence-corrected chi connectivity index (χ4v) is 4.59. The minimum absolute atomic E-state index is 0.226. The van der Waals surface area contributed by atoms with Gasteiger partial charge in [-0.1, -0.05) is 54.6 Å². The number of fused-ring (bicyclic) bond motifs is 1. The van der Waals surface area contributed by atoms with E-state index in [-0.39, 0.29) is 17.9 Å². The number of carbonyl (C=O) groups is 1. The Morgan fingerprint density at radius 2 is 1.73 bits per heavy atom. The number of rotatable bonds is 7. The van der Waals surface area contributed by atoms with Gasteiger partial charge in [-0.2, -0.15) is 0 Å². The molecule has 2 aliphatic heterocycles. The second-order valence-corrected chi connectivity index (χ2v) is 8.28. The molecule has 0 radical (unpaired) electrons. The van der Waals surface area contributed by atoms with Crippen LogP contribution >= 0.6 is 0 Å². The van der Waals surface area contributed by atoms with Crippen LogP contribution in [-0.2, 0) is 20.8 Å². The second kappa shape index (κ2) is 10.2. The van der Waals surface area contributed by atoms with Gasteiger partial charge in [0.2, 0.25) is 5.91 Å². The quantitative estimate of drug-likeness (QED) is 0.660. The number of piperidine rings is 1. The molecule has 1 saturated heterocycles. The van der Waals surface area contributed by atoms with Crippen LogP contribution in [0.5, 0.6) is 0 Å². The predicted octanol–water partition coefficient (Wildman–Crippen LogP) is 3.29. The number of ether oxygens (including phenoxy) is 2. The fraction of sp³-hybridized carbons (Fsp3) is 0.480. The normalized spacial score (nSPS) is 20.2. The topological polar surface area (TPSA) is 42.0 Å². The Hall–Kier alpha value is -2.21. The highest BCUT2D eigenvalue weighted by Crippen LogP contribution is 2.33. The lowest BCUT2D eigenvalue weighted by atomic mass is 9.84. The van der Waals surface area contributed by atoms with E-state index >= 15 is 0 Å². The van der Waals surface area contributed by atoms with E-state index in [1.165, 1.54) is 16.7 Å². The number of likely N-dealkylation sites (tertiary alicyclic amines) is 1. The third-order valence-electron chi connectivity index (χ3n) is 6.28. The smallest absolute Gasteiger partial charge is 0.237 e. The minimum Gasteiger partial charge on any atom is -0.382 e. The Labute approximate surface area is 179 Å². The maximum atomic E-state index is 13.2. The van der Waals surface area contributed by atoms with Crippen molar-refractivity contribution in [2.75, 3.05) is 46.5 Å². The minimum atomic E-state index is 0.226. The maximum absolute atomic E-state index is 13.2. The maximum Gasteiger partial charge on any atom is 0.237 e. The van der Waals surface area contributed by atoms with Crippen molar-refractivity contribution in [1.29, 1.82) is 0 Å². The molecule has 160 valence electrons. The van der Waals surface area contributed by atoms with E-state index < -0.39 is 0 Å². The number of amides is 1. The van der Waals surface area contributed by atoms with Crippen molar-refractivity contribution in [3.05, 3.63) is 71.3 Å². The molecule has 0 N–H and O–H groups in total. The van der Waals surface area contributed by atoms with Crippen LogP contribution in [0.1, 0.15) is 35.4 Å². The van der Waals surface area contributed by atoms with Crippen LogP contribution in [0.2, 0.25) is 0 Å². The first-order valence-corrected chi connectivity index (χ1v) is 11.0. The van der Waals surface area contributed by atoms with Gasteiger partial charge in [0.25, 0.3) is 0 Å². The van der Waals surface area contributed by atoms with Gasteiger partial charge >= 0.3 is 0 Å². The molecular formula is C25H32N2O3. The molecule has 0 bridgehead atoms. The lowest BCUT2D eigenvalue weighted by Gasteiger charge is -2.37. The molecule has 2 aromatic carbocycles. The standard InChI is InChI=1S/C25H32N2O3/c1-29-15-16-30-22-11-13-26(14-12-22)19-25(28)27-17-21-9-5-6-10-23(21)24(18-27)20-7-3-2-4-8-20/h2-10,22,24H,11-19H2,1H3. The molecule has 0 aromatic heterocycles. The molecule has 0 aliphatic carbocycles. The Bertz CT molecular complexity index is 818. The zero-order valence-corrected chi connectivity index (χ0v) is 17.8. The van der Waals surface area contributed by atoms with Crippen LogP contribution in [0.4, 0.5) is 0 Å². The van der Waals surface area contributed by atoms with Crippen LogP contribution in [0.15, 0.2) is 54.6 Å². The molecule has 5 nitrogen and oxygen atoms in total. The van der Waals surface area contributed by atoms with Gasteiger partial charge in [0.05, 0.1) is 25.9 Å². The summed E-state index contributed by atoms with van der Waals surface area (Å²) in [6.07, 6.45) is 2.25. The Kier molecular flexibility index (Phi) is 7.16. The summed E-state index contributed by atoms with van der Waals surface area (Å²) in [5.74, 6) is 0.462. The van der Waals surface area contributed by atoms with E-state index in [4.69, 9.17) is 9.47 Å². The molecule has 1 amide bonds. The molecule has 1 atom stereocenters. The third kappa shape index (κ3) is 5.09. The third-order valence-corrected chi connectivity index (χ3v) is 6.28. The molecule has 5 heteroatoms. The molecule has 4 rings (SSSR count). The molecule has 0 saturated carbocycles. The number of methoxy groups -OCH3 is 1. The molecule has 30 heavy (non-hydrogen) atoms. The summed E-state index contributed by atoms with van der Waals surface area (Å²) in [5.41, 5.74) is 3.88. The first kappa shape index (κ1) is 21.0. The lowest BCUT2D eigenvalue weighted by Crippen LogP contribution is -2.46. The van der Waals surface area contributed by atoms with Gasteiger partial charge in [-0.05, 0) is 29.5 Å². The van der Waals surface area contributed by atoms with Gasteiger partial charge in [-0.15, -0.1) is 0 Å². The number of carbonyl (C=O) groups excluding carboxylic acids is 1. The number of benzene rings is 2. The van der Waals surface area contributed by atoms with Gasteiger partial charge in [0.1, 0.15) is 0 Å². The molecule has 2 aliphatic rings. The van der Waals surface area contributed by atoms with Gasteiger partial charge in [0.15, 0.2) is 0 Å². The summed E-state index contributed by atoms with van der Waals surface area (Å²) >= 11 is 0. The van der Waals surface area contributed by atoms with Gasteiger partial charge in [-0.25, -0.2) is 0 Å². The monoisotopic (exact) mass is 408 g/mol. The highest BCUT2D eigenvalue weighted by Gasteiger charge is 2.30. The summed E-state index contributed by atoms with van der Waals surface area (Å²) in [5, 5.41) is 0. The van der Waals surface area contributed by atoms with Crippen LogP contribution in [-0.4, -0.2) is 68.3 Å². The Morgan fingerprint density at radius 1 is 1.00 bits per heavy atom. The second-order valence-electron chi connectivity index (χ2n) is 8.28. The molecular weight excluding hydrogens is 376 g/mol. The zero-order chi connectivity index (χ0) is 20.8. The van der Waals surface area contributed by atoms with E-state index in [0.717, 1.165) is 32.5 Å². The van der Waals surface area contributed by atoms with Gasteiger partial charge in [0, 0.05) is 39.2 Å². The highest BCUT2D eigenvalue weighted by atomic mass is 16.5. The van der Waals surface area contributed by atoms with Crippen LogP contribution in [0.25, 0.3) is 0 Å². The largest absolute Gasteiger partial charge is 0.382 e. The Balaban J connectivity index is 1.37. The van der Waals surface area contributed by atoms with Crippen LogP contribution < -0.4 is 0 Å². The molecule has 2 aromatic rings. The van der Waals surface area contributed by atoms with E-state index in [2.05, 4.69) is 53.4 Å². The van der Waals surface area contributed by atoms with Crippen molar-refractivity contribution in [2.45, 2.75) is 31.4 Å². The van der Waals surface area contributed by atoms with E-state index in [1.807, 2.05) is 11.0 Å². The van der Waals surface area contributed by atoms with Crippen LogP contribution in [0.3, 0.4) is 0 Å². The van der Waals surface area contributed by atoms with Gasteiger partial charge in [-0.3, -0.25) is 9.69 Å². The highest BCUT2D eigenvalue weighted by molar-refractivity contribution is 5.79. The predicted molar refractivity (Wildman–Crippen MR) is 117 cm³/mol. The average Bonchev–Trinajstić information content (AvgIpc) is 2.80. The first-order chi connectivity index (χ1) is 14.7. The molecule has 2 heterocycles. The van der Waals surface area contributed by atoms with E-state index in [9.17, 15) is 4.79 Å². The van der Waals surface area contributed by atoms with Crippen molar-refractivity contribution in [3.63, 3.8) is 0 Å². The van der Waals surface area contributed by atoms with Crippen molar-refractivity contribution in [2.24, 2.45) is 0 Å². The first-order valence-electron chi connectivity index (χ1n) is 11.0. The number of hydrogen-bond acceptors (Lipinski definition) is 4. The molecule has 1 unspecified atom stereocenters. The van der Waals surface area contributed by atoms with E-state index in [1.54, 1.807) is 7.11 Å². The summed E-state index contributed by atoms with van der Waals surface area (Å²) in [7, 11) is 1.69. The molecule has 0 spiro atoms.